The number of carbonyl (C=O) groups excluding carboxylic acids is 2. The van der Waals surface area contributed by atoms with Crippen molar-refractivity contribution in [2.24, 2.45) is 5.92 Å². The van der Waals surface area contributed by atoms with Crippen LogP contribution in [0.4, 0.5) is 5.69 Å². The number of hydrogen-bond acceptors (Lipinski definition) is 4. The van der Waals surface area contributed by atoms with Crippen molar-refractivity contribution in [2.75, 3.05) is 25.1 Å². The number of amides is 2. The van der Waals surface area contributed by atoms with E-state index in [2.05, 4.69) is 14.9 Å². The lowest BCUT2D eigenvalue weighted by Crippen LogP contribution is -2.33. The van der Waals surface area contributed by atoms with E-state index in [4.69, 9.17) is 4.74 Å². The molecule has 2 amide bonds. The van der Waals surface area contributed by atoms with Gasteiger partial charge in [-0.3, -0.25) is 9.59 Å². The highest BCUT2D eigenvalue weighted by molar-refractivity contribution is 6.01. The van der Waals surface area contributed by atoms with Crippen LogP contribution in [0, 0.1) is 5.92 Å². The van der Waals surface area contributed by atoms with E-state index in [1.807, 2.05) is 54.9 Å². The summed E-state index contributed by atoms with van der Waals surface area (Å²) in [6.45, 7) is 1.71. The number of aromatic nitrogens is 2. The van der Waals surface area contributed by atoms with Crippen LogP contribution in [0.25, 0.3) is 11.0 Å². The normalized spacial score (nSPS) is 16.4. The highest BCUT2D eigenvalue weighted by Crippen LogP contribution is 2.32. The van der Waals surface area contributed by atoms with Gasteiger partial charge in [0.05, 0.1) is 36.1 Å². The van der Waals surface area contributed by atoms with Gasteiger partial charge in [-0.15, -0.1) is 0 Å². The number of benzene rings is 2. The van der Waals surface area contributed by atoms with Gasteiger partial charge in [0.1, 0.15) is 5.75 Å². The maximum Gasteiger partial charge on any atom is 0.227 e. The number of methoxy groups -OCH3 is 1. The lowest BCUT2D eigenvalue weighted by atomic mass is 10.1. The highest BCUT2D eigenvalue weighted by Gasteiger charge is 2.36. The fourth-order valence-corrected chi connectivity index (χ4v) is 3.76. The van der Waals surface area contributed by atoms with Crippen molar-refractivity contribution in [1.29, 1.82) is 0 Å². The highest BCUT2D eigenvalue weighted by atomic mass is 16.5. The number of fused-ring (bicyclic) bond motifs is 1. The maximum atomic E-state index is 12.6. The van der Waals surface area contributed by atoms with Crippen molar-refractivity contribution in [2.45, 2.75) is 19.4 Å². The van der Waals surface area contributed by atoms with Crippen LogP contribution in [0.5, 0.6) is 5.75 Å². The molecule has 2 heterocycles. The Labute approximate surface area is 169 Å². The van der Waals surface area contributed by atoms with Gasteiger partial charge in [0, 0.05) is 26.1 Å². The molecule has 0 saturated carbocycles. The van der Waals surface area contributed by atoms with E-state index in [1.54, 1.807) is 12.0 Å². The van der Waals surface area contributed by atoms with Gasteiger partial charge in [-0.05, 0) is 30.7 Å². The van der Waals surface area contributed by atoms with Gasteiger partial charge in [-0.2, -0.15) is 0 Å². The average molecular weight is 392 g/mol. The summed E-state index contributed by atoms with van der Waals surface area (Å²) in [6.07, 6.45) is 2.84. The molecule has 0 spiro atoms. The van der Waals surface area contributed by atoms with Gasteiger partial charge in [0.15, 0.2) is 0 Å². The number of nitrogens with zero attached hydrogens (tertiary/aromatic N) is 3. The summed E-state index contributed by atoms with van der Waals surface area (Å²) in [5, 5.41) is 2.97. The molecule has 1 aliphatic rings. The summed E-state index contributed by atoms with van der Waals surface area (Å²) < 4.78 is 7.43. The predicted molar refractivity (Wildman–Crippen MR) is 111 cm³/mol. The number of ether oxygens (including phenoxy) is 1. The van der Waals surface area contributed by atoms with E-state index >= 15 is 0 Å². The summed E-state index contributed by atoms with van der Waals surface area (Å²) >= 11 is 0. The van der Waals surface area contributed by atoms with Crippen LogP contribution < -0.4 is 15.0 Å². The Bertz CT molecular complexity index is 1030. The summed E-state index contributed by atoms with van der Waals surface area (Å²) in [5.41, 5.74) is 2.77. The van der Waals surface area contributed by atoms with Crippen LogP contribution in [0.3, 0.4) is 0 Å². The van der Waals surface area contributed by atoms with Gasteiger partial charge < -0.3 is 19.5 Å². The number of imidazole rings is 1. The minimum atomic E-state index is -0.346. The first-order valence-electron chi connectivity index (χ1n) is 9.78. The second-order valence-electron chi connectivity index (χ2n) is 7.15. The van der Waals surface area contributed by atoms with Crippen LogP contribution in [0.1, 0.15) is 12.8 Å². The zero-order valence-corrected chi connectivity index (χ0v) is 16.4. The SMILES string of the molecule is COc1ccccc1N1CC(C(=O)NCCCn2cnc3ccccc32)CC1=O. The van der Waals surface area contributed by atoms with Crippen LogP contribution in [-0.4, -0.2) is 41.6 Å². The minimum absolute atomic E-state index is 0.0560. The molecule has 29 heavy (non-hydrogen) atoms. The van der Waals surface area contributed by atoms with Crippen LogP contribution >= 0.6 is 0 Å². The third-order valence-corrected chi connectivity index (χ3v) is 5.27. The molecule has 1 N–H and O–H groups in total. The zero-order chi connectivity index (χ0) is 20.2. The van der Waals surface area contributed by atoms with Gasteiger partial charge >= 0.3 is 0 Å². The summed E-state index contributed by atoms with van der Waals surface area (Å²) in [6, 6.07) is 15.4. The second-order valence-corrected chi connectivity index (χ2v) is 7.15. The number of nitrogens with one attached hydrogen (secondary N) is 1. The molecule has 1 aromatic heterocycles. The monoisotopic (exact) mass is 392 g/mol. The van der Waals surface area contributed by atoms with Gasteiger partial charge in [-0.25, -0.2) is 4.98 Å². The molecule has 7 heteroatoms. The quantitative estimate of drug-likeness (QED) is 0.627. The van der Waals surface area contributed by atoms with Gasteiger partial charge in [0.25, 0.3) is 0 Å². The molecule has 150 valence electrons. The number of hydrogen-bond donors (Lipinski definition) is 1. The average Bonchev–Trinajstić information content (AvgIpc) is 3.34. The third-order valence-electron chi connectivity index (χ3n) is 5.27. The zero-order valence-electron chi connectivity index (χ0n) is 16.4. The molecular formula is C22H24N4O3. The van der Waals surface area contributed by atoms with Gasteiger partial charge in [0.2, 0.25) is 11.8 Å². The Kier molecular flexibility index (Phi) is 5.46. The first kappa shape index (κ1) is 19.0. The van der Waals surface area contributed by atoms with Crippen LogP contribution in [-0.2, 0) is 16.1 Å². The van der Waals surface area contributed by atoms with E-state index in [0.717, 1.165) is 24.0 Å². The number of para-hydroxylation sites is 4. The largest absolute Gasteiger partial charge is 0.495 e. The molecular weight excluding hydrogens is 368 g/mol. The molecule has 1 fully saturated rings. The molecule has 1 saturated heterocycles. The Morgan fingerprint density at radius 3 is 2.86 bits per heavy atom. The molecule has 0 bridgehead atoms. The molecule has 3 aromatic rings. The summed E-state index contributed by atoms with van der Waals surface area (Å²) in [4.78, 5) is 31.0. The first-order chi connectivity index (χ1) is 14.2. The molecule has 7 nitrogen and oxygen atoms in total. The summed E-state index contributed by atoms with van der Waals surface area (Å²) in [7, 11) is 1.58. The fourth-order valence-electron chi connectivity index (χ4n) is 3.76. The molecule has 0 aliphatic carbocycles. The molecule has 4 rings (SSSR count). The van der Waals surface area contributed by atoms with E-state index in [0.29, 0.717) is 24.5 Å². The van der Waals surface area contributed by atoms with Crippen molar-refractivity contribution in [1.82, 2.24) is 14.9 Å². The topological polar surface area (TPSA) is 76.5 Å². The molecule has 2 aromatic carbocycles. The Hall–Kier alpha value is -3.35. The van der Waals surface area contributed by atoms with Crippen molar-refractivity contribution < 1.29 is 14.3 Å². The second kappa shape index (κ2) is 8.34. The smallest absolute Gasteiger partial charge is 0.227 e. The van der Waals surface area contributed by atoms with Crippen molar-refractivity contribution in [3.8, 4) is 5.75 Å². The van der Waals surface area contributed by atoms with E-state index in [1.165, 1.54) is 0 Å². The van der Waals surface area contributed by atoms with E-state index < -0.39 is 0 Å². The molecule has 1 atom stereocenters. The third kappa shape index (κ3) is 3.94. The Morgan fingerprint density at radius 1 is 1.21 bits per heavy atom. The van der Waals surface area contributed by atoms with Crippen LogP contribution in [0.15, 0.2) is 54.9 Å². The van der Waals surface area contributed by atoms with Gasteiger partial charge in [-0.1, -0.05) is 24.3 Å². The maximum absolute atomic E-state index is 12.6. The molecule has 1 aliphatic heterocycles. The molecule has 1 unspecified atom stereocenters. The first-order valence-corrected chi connectivity index (χ1v) is 9.78. The lowest BCUT2D eigenvalue weighted by Gasteiger charge is -2.19. The van der Waals surface area contributed by atoms with E-state index in [9.17, 15) is 9.59 Å². The van der Waals surface area contributed by atoms with Crippen molar-refractivity contribution in [3.05, 3.63) is 54.9 Å². The number of rotatable bonds is 7. The van der Waals surface area contributed by atoms with Crippen molar-refractivity contribution >= 4 is 28.5 Å². The Balaban J connectivity index is 1.30. The minimum Gasteiger partial charge on any atom is -0.495 e. The standard InChI is InChI=1S/C22H24N4O3/c1-29-20-10-5-4-9-19(20)26-14-16(13-21(26)27)22(28)23-11-6-12-25-15-24-17-7-2-3-8-18(17)25/h2-5,7-10,15-16H,6,11-14H2,1H3,(H,23,28). The predicted octanol–water partition coefficient (Wildman–Crippen LogP) is 2.60. The lowest BCUT2D eigenvalue weighted by molar-refractivity contribution is -0.126. The molecule has 0 radical (unpaired) electrons. The summed E-state index contributed by atoms with van der Waals surface area (Å²) in [5.74, 6) is 0.154. The number of aryl methyl sites for hydroxylation is 1. The van der Waals surface area contributed by atoms with Crippen LogP contribution in [0.2, 0.25) is 0 Å². The number of anilines is 1. The van der Waals surface area contributed by atoms with Crippen molar-refractivity contribution in [3.63, 3.8) is 0 Å². The Morgan fingerprint density at radius 2 is 2.00 bits per heavy atom. The van der Waals surface area contributed by atoms with E-state index in [-0.39, 0.29) is 24.2 Å². The fraction of sp³-hybridized carbons (Fsp3) is 0.318. The number of carbonyl (C=O) groups is 2.